The minimum atomic E-state index is -0.0110. The molecule has 3 nitrogen and oxygen atoms in total. The zero-order valence-corrected chi connectivity index (χ0v) is 11.7. The predicted molar refractivity (Wildman–Crippen MR) is 86.0 cm³/mol. The third-order valence-corrected chi connectivity index (χ3v) is 4.30. The molecule has 2 aromatic carbocycles. The fourth-order valence-corrected chi connectivity index (χ4v) is 3.25. The quantitative estimate of drug-likeness (QED) is 0.405. The zero-order chi connectivity index (χ0) is 14.7. The van der Waals surface area contributed by atoms with Gasteiger partial charge in [0.25, 0.3) is 0 Å². The topological polar surface area (TPSA) is 43.1 Å². The minimum Gasteiger partial charge on any atom is -0.437 e. The summed E-state index contributed by atoms with van der Waals surface area (Å²) in [5, 5.41) is 1.16. The molecule has 0 saturated heterocycles. The lowest BCUT2D eigenvalue weighted by molar-refractivity contribution is 0.645. The van der Waals surface area contributed by atoms with Gasteiger partial charge in [-0.1, -0.05) is 36.4 Å². The standard InChI is InChI=1S/C19H11NO2/c21-18-14-7-3-4-8-16(14)22-19-15(18)10-12-9-11-5-1-2-6-13(11)17(12)20-19/h1-8,10H,9H2. The van der Waals surface area contributed by atoms with Crippen molar-refractivity contribution in [3.63, 3.8) is 0 Å². The van der Waals surface area contributed by atoms with Crippen molar-refractivity contribution >= 4 is 22.1 Å². The van der Waals surface area contributed by atoms with Crippen LogP contribution in [0.5, 0.6) is 0 Å². The number of benzene rings is 2. The molecule has 0 atom stereocenters. The molecule has 1 aliphatic carbocycles. The van der Waals surface area contributed by atoms with Gasteiger partial charge in [-0.25, -0.2) is 4.98 Å². The van der Waals surface area contributed by atoms with Crippen molar-refractivity contribution in [2.45, 2.75) is 6.42 Å². The van der Waals surface area contributed by atoms with E-state index >= 15 is 0 Å². The molecule has 2 heterocycles. The van der Waals surface area contributed by atoms with E-state index in [1.54, 1.807) is 12.1 Å². The van der Waals surface area contributed by atoms with Crippen molar-refractivity contribution in [1.82, 2.24) is 4.98 Å². The summed E-state index contributed by atoms with van der Waals surface area (Å²) in [6.45, 7) is 0. The molecule has 0 radical (unpaired) electrons. The Morgan fingerprint density at radius 2 is 1.73 bits per heavy atom. The van der Waals surface area contributed by atoms with Gasteiger partial charge < -0.3 is 4.42 Å². The van der Waals surface area contributed by atoms with Gasteiger partial charge in [-0.15, -0.1) is 0 Å². The molecule has 2 aromatic heterocycles. The summed E-state index contributed by atoms with van der Waals surface area (Å²) in [4.78, 5) is 17.3. The molecule has 0 fully saturated rings. The van der Waals surface area contributed by atoms with Crippen molar-refractivity contribution in [3.05, 3.63) is 75.9 Å². The highest BCUT2D eigenvalue weighted by Gasteiger charge is 2.21. The Kier molecular flexibility index (Phi) is 2.15. The molecule has 22 heavy (non-hydrogen) atoms. The third kappa shape index (κ3) is 1.45. The number of fused-ring (bicyclic) bond motifs is 5. The van der Waals surface area contributed by atoms with E-state index in [4.69, 9.17) is 4.42 Å². The Morgan fingerprint density at radius 3 is 2.68 bits per heavy atom. The van der Waals surface area contributed by atoms with Gasteiger partial charge in [-0.3, -0.25) is 4.79 Å². The normalized spacial score (nSPS) is 12.5. The molecule has 0 amide bonds. The highest BCUT2D eigenvalue weighted by Crippen LogP contribution is 2.36. The van der Waals surface area contributed by atoms with Crippen LogP contribution in [0.1, 0.15) is 11.1 Å². The minimum absolute atomic E-state index is 0.0110. The van der Waals surface area contributed by atoms with E-state index in [9.17, 15) is 4.79 Å². The van der Waals surface area contributed by atoms with Crippen molar-refractivity contribution < 1.29 is 4.42 Å². The van der Waals surface area contributed by atoms with Crippen LogP contribution in [0.25, 0.3) is 33.3 Å². The second-order valence-electron chi connectivity index (χ2n) is 5.61. The number of pyridine rings is 1. The van der Waals surface area contributed by atoms with E-state index in [0.717, 1.165) is 23.2 Å². The first-order chi connectivity index (χ1) is 10.8. The van der Waals surface area contributed by atoms with Gasteiger partial charge in [0.1, 0.15) is 5.58 Å². The summed E-state index contributed by atoms with van der Waals surface area (Å²) in [6, 6.07) is 17.5. The van der Waals surface area contributed by atoms with Crippen molar-refractivity contribution in [3.8, 4) is 11.3 Å². The first-order valence-electron chi connectivity index (χ1n) is 7.25. The summed E-state index contributed by atoms with van der Waals surface area (Å²) in [5.74, 6) is 0. The summed E-state index contributed by atoms with van der Waals surface area (Å²) in [7, 11) is 0. The zero-order valence-electron chi connectivity index (χ0n) is 11.7. The summed E-state index contributed by atoms with van der Waals surface area (Å²) < 4.78 is 5.86. The van der Waals surface area contributed by atoms with Gasteiger partial charge in [-0.2, -0.15) is 0 Å². The molecule has 1 aliphatic rings. The van der Waals surface area contributed by atoms with Gasteiger partial charge in [0.15, 0.2) is 0 Å². The van der Waals surface area contributed by atoms with Crippen LogP contribution < -0.4 is 5.43 Å². The third-order valence-electron chi connectivity index (χ3n) is 4.30. The van der Waals surface area contributed by atoms with Crippen molar-refractivity contribution in [2.75, 3.05) is 0 Å². The van der Waals surface area contributed by atoms with Crippen LogP contribution in [-0.2, 0) is 6.42 Å². The average molecular weight is 285 g/mol. The molecule has 104 valence electrons. The van der Waals surface area contributed by atoms with E-state index < -0.39 is 0 Å². The van der Waals surface area contributed by atoms with Gasteiger partial charge in [-0.05, 0) is 29.3 Å². The van der Waals surface area contributed by atoms with E-state index in [-0.39, 0.29) is 5.43 Å². The van der Waals surface area contributed by atoms with Crippen LogP contribution in [0.4, 0.5) is 0 Å². The summed E-state index contributed by atoms with van der Waals surface area (Å²) in [5.41, 5.74) is 5.39. The van der Waals surface area contributed by atoms with Crippen molar-refractivity contribution in [2.24, 2.45) is 0 Å². The van der Waals surface area contributed by atoms with Crippen LogP contribution >= 0.6 is 0 Å². The van der Waals surface area contributed by atoms with Gasteiger partial charge in [0.05, 0.1) is 16.5 Å². The fraction of sp³-hybridized carbons (Fsp3) is 0.0526. The highest BCUT2D eigenvalue weighted by atomic mass is 16.3. The van der Waals surface area contributed by atoms with Crippen LogP contribution in [-0.4, -0.2) is 4.98 Å². The lowest BCUT2D eigenvalue weighted by Crippen LogP contribution is -2.04. The van der Waals surface area contributed by atoms with E-state index in [1.807, 2.05) is 30.3 Å². The molecule has 0 unspecified atom stereocenters. The van der Waals surface area contributed by atoms with Crippen LogP contribution in [0.15, 0.2) is 63.8 Å². The molecule has 4 aromatic rings. The number of hydrogen-bond donors (Lipinski definition) is 0. The van der Waals surface area contributed by atoms with Crippen molar-refractivity contribution in [1.29, 1.82) is 0 Å². The first-order valence-corrected chi connectivity index (χ1v) is 7.25. The number of rotatable bonds is 0. The molecule has 0 spiro atoms. The Hall–Kier alpha value is -2.94. The molecule has 0 N–H and O–H groups in total. The Morgan fingerprint density at radius 1 is 0.909 bits per heavy atom. The summed E-state index contributed by atoms with van der Waals surface area (Å²) >= 11 is 0. The smallest absolute Gasteiger partial charge is 0.231 e. The van der Waals surface area contributed by atoms with E-state index in [0.29, 0.717) is 22.1 Å². The molecule has 0 saturated carbocycles. The van der Waals surface area contributed by atoms with Crippen LogP contribution in [0.2, 0.25) is 0 Å². The molecule has 5 rings (SSSR count). The monoisotopic (exact) mass is 285 g/mol. The fourth-order valence-electron chi connectivity index (χ4n) is 3.25. The van der Waals surface area contributed by atoms with E-state index in [2.05, 4.69) is 17.1 Å². The Bertz CT molecular complexity index is 1130. The molecule has 3 heteroatoms. The van der Waals surface area contributed by atoms with Gasteiger partial charge in [0, 0.05) is 12.0 Å². The predicted octanol–water partition coefficient (Wildman–Crippen LogP) is 3.91. The van der Waals surface area contributed by atoms with Gasteiger partial charge in [0.2, 0.25) is 11.1 Å². The lowest BCUT2D eigenvalue weighted by Gasteiger charge is -2.04. The first kappa shape index (κ1) is 11.7. The average Bonchev–Trinajstić information content (AvgIpc) is 2.91. The summed E-state index contributed by atoms with van der Waals surface area (Å²) in [6.07, 6.45) is 0.820. The van der Waals surface area contributed by atoms with E-state index in [1.165, 1.54) is 5.56 Å². The Balaban J connectivity index is 1.92. The number of nitrogens with zero attached hydrogens (tertiary/aromatic N) is 1. The maximum atomic E-state index is 12.7. The number of para-hydroxylation sites is 1. The lowest BCUT2D eigenvalue weighted by atomic mass is 10.1. The SMILES string of the molecule is O=c1c2ccccc2oc2nc3c(cc12)Cc1ccccc1-3. The van der Waals surface area contributed by atoms with Crippen LogP contribution in [0.3, 0.4) is 0 Å². The molecular weight excluding hydrogens is 274 g/mol. The molecular formula is C19H11NO2. The largest absolute Gasteiger partial charge is 0.437 e. The Labute approximate surface area is 125 Å². The maximum Gasteiger partial charge on any atom is 0.231 e. The molecule has 0 bridgehead atoms. The van der Waals surface area contributed by atoms with Gasteiger partial charge >= 0.3 is 0 Å². The second kappa shape index (κ2) is 4.04. The molecule has 0 aliphatic heterocycles. The van der Waals surface area contributed by atoms with Crippen LogP contribution in [0, 0.1) is 0 Å². The second-order valence-corrected chi connectivity index (χ2v) is 5.61. The highest BCUT2D eigenvalue weighted by molar-refractivity contribution is 5.90. The maximum absolute atomic E-state index is 12.7. The number of aromatic nitrogens is 1. The number of hydrogen-bond acceptors (Lipinski definition) is 3.